The van der Waals surface area contributed by atoms with E-state index in [-0.39, 0.29) is 5.91 Å². The third-order valence-corrected chi connectivity index (χ3v) is 9.41. The number of hydrogen-bond acceptors (Lipinski definition) is 5. The monoisotopic (exact) mass is 510 g/mol. The lowest BCUT2D eigenvalue weighted by Crippen LogP contribution is -2.24. The van der Waals surface area contributed by atoms with E-state index >= 15 is 0 Å². The molecule has 0 saturated heterocycles. The summed E-state index contributed by atoms with van der Waals surface area (Å²) in [4.78, 5) is 42.3. The number of para-hydroxylation sites is 2. The zero-order valence-electron chi connectivity index (χ0n) is 19.7. The molecular formula is C25H27N4O4PS. The molecule has 0 bridgehead atoms. The number of anilines is 1. The second-order valence-corrected chi connectivity index (χ2v) is 11.2. The van der Waals surface area contributed by atoms with Gasteiger partial charge in [-0.15, -0.1) is 0 Å². The number of thiazole rings is 1. The summed E-state index contributed by atoms with van der Waals surface area (Å²) in [7, 11) is -4.36. The Balaban J connectivity index is 1.48. The molecule has 3 N–H and O–H groups in total. The Morgan fingerprint density at radius 2 is 1.83 bits per heavy atom. The summed E-state index contributed by atoms with van der Waals surface area (Å²) in [6.45, 7) is 5.43. The van der Waals surface area contributed by atoms with Crippen molar-refractivity contribution in [1.82, 2.24) is 14.5 Å². The Hall–Kier alpha value is -3.10. The van der Waals surface area contributed by atoms with Crippen LogP contribution in [-0.2, 0) is 14.5 Å². The van der Waals surface area contributed by atoms with Gasteiger partial charge in [0.25, 0.3) is 0 Å². The van der Waals surface area contributed by atoms with Gasteiger partial charge in [0.1, 0.15) is 6.33 Å². The van der Waals surface area contributed by atoms with Crippen LogP contribution in [0.1, 0.15) is 42.8 Å². The number of hydrogen-bond donors (Lipinski definition) is 3. The van der Waals surface area contributed by atoms with Gasteiger partial charge in [-0.1, -0.05) is 49.4 Å². The predicted octanol–water partition coefficient (Wildman–Crippen LogP) is 5.64. The second kappa shape index (κ2) is 9.87. The summed E-state index contributed by atoms with van der Waals surface area (Å²) in [5.74, 6) is -0.313. The standard InChI is InChI=1S/C25H27N4O4PS/c1-4-25(5-2,34(31,32)33)18-10-12-19(13-11-18)28-23(30)15-14-22-17(3)27-24(35-22)29-16-26-20-8-6-7-9-21(20)29/h6-16H,4-5H2,1-3H3,(H,28,30)(H2,31,32,33). The van der Waals surface area contributed by atoms with Crippen LogP contribution in [0, 0.1) is 6.92 Å². The minimum atomic E-state index is -4.36. The topological polar surface area (TPSA) is 117 Å². The number of fused-ring (bicyclic) bond motifs is 1. The zero-order valence-corrected chi connectivity index (χ0v) is 21.4. The number of rotatable bonds is 8. The number of aromatic nitrogens is 3. The minimum Gasteiger partial charge on any atom is -0.324 e. The van der Waals surface area contributed by atoms with Gasteiger partial charge in [-0.25, -0.2) is 9.97 Å². The van der Waals surface area contributed by atoms with E-state index < -0.39 is 12.8 Å². The van der Waals surface area contributed by atoms with E-state index in [1.807, 2.05) is 35.8 Å². The highest BCUT2D eigenvalue weighted by molar-refractivity contribution is 7.53. The number of amides is 1. The van der Waals surface area contributed by atoms with Crippen LogP contribution in [0.15, 0.2) is 60.9 Å². The van der Waals surface area contributed by atoms with Gasteiger partial charge in [-0.2, -0.15) is 0 Å². The summed E-state index contributed by atoms with van der Waals surface area (Å²) < 4.78 is 14.1. The number of carbonyl (C=O) groups excluding carboxylic acids is 1. The van der Waals surface area contributed by atoms with Gasteiger partial charge < -0.3 is 15.1 Å². The molecule has 0 radical (unpaired) electrons. The summed E-state index contributed by atoms with van der Waals surface area (Å²) in [6.07, 6.45) is 5.54. The van der Waals surface area contributed by atoms with Gasteiger partial charge in [0.15, 0.2) is 5.13 Å². The van der Waals surface area contributed by atoms with Crippen molar-refractivity contribution in [3.05, 3.63) is 77.1 Å². The molecular weight excluding hydrogens is 483 g/mol. The van der Waals surface area contributed by atoms with E-state index in [2.05, 4.69) is 15.3 Å². The van der Waals surface area contributed by atoms with E-state index in [0.29, 0.717) is 24.1 Å². The molecule has 1 amide bonds. The van der Waals surface area contributed by atoms with Crippen LogP contribution < -0.4 is 5.32 Å². The lowest BCUT2D eigenvalue weighted by molar-refractivity contribution is -0.111. The third-order valence-electron chi connectivity index (χ3n) is 6.28. The summed E-state index contributed by atoms with van der Waals surface area (Å²) in [5, 5.41) is 2.34. The Morgan fingerprint density at radius 1 is 1.14 bits per heavy atom. The Labute approximate surface area is 207 Å². The normalized spacial score (nSPS) is 12.5. The minimum absolute atomic E-state index is 0.313. The molecule has 4 rings (SSSR count). The van der Waals surface area contributed by atoms with Crippen LogP contribution >= 0.6 is 18.9 Å². The highest BCUT2D eigenvalue weighted by Gasteiger charge is 2.45. The summed E-state index contributed by atoms with van der Waals surface area (Å²) in [6, 6.07) is 14.5. The molecule has 0 unspecified atom stereocenters. The SMILES string of the molecule is CCC(CC)(c1ccc(NC(=O)C=Cc2sc(-n3cnc4ccccc43)nc2C)cc1)P(=O)(O)O. The molecule has 0 atom stereocenters. The van der Waals surface area contributed by atoms with Crippen molar-refractivity contribution >= 4 is 47.6 Å². The summed E-state index contributed by atoms with van der Waals surface area (Å²) in [5.41, 5.74) is 3.76. The molecule has 2 heterocycles. The van der Waals surface area contributed by atoms with Gasteiger partial charge in [0.2, 0.25) is 5.91 Å². The average Bonchev–Trinajstić information content (AvgIpc) is 3.42. The maximum atomic E-state index is 12.5. The number of nitrogens with zero attached hydrogens (tertiary/aromatic N) is 3. The first-order valence-electron chi connectivity index (χ1n) is 11.2. The molecule has 2 aromatic carbocycles. The maximum Gasteiger partial charge on any atom is 0.335 e. The predicted molar refractivity (Wildman–Crippen MR) is 140 cm³/mol. The number of benzene rings is 2. The average molecular weight is 511 g/mol. The first-order valence-corrected chi connectivity index (χ1v) is 13.7. The summed E-state index contributed by atoms with van der Waals surface area (Å²) >= 11 is 1.46. The van der Waals surface area contributed by atoms with Crippen molar-refractivity contribution < 1.29 is 19.1 Å². The lowest BCUT2D eigenvalue weighted by atomic mass is 9.92. The van der Waals surface area contributed by atoms with Gasteiger partial charge >= 0.3 is 7.60 Å². The molecule has 4 aromatic rings. The second-order valence-electron chi connectivity index (χ2n) is 8.23. The Kier molecular flexibility index (Phi) is 7.05. The first-order chi connectivity index (χ1) is 16.7. The molecule has 0 aliphatic heterocycles. The molecule has 8 nitrogen and oxygen atoms in total. The van der Waals surface area contributed by atoms with Crippen molar-refractivity contribution in [3.8, 4) is 5.13 Å². The number of carbonyl (C=O) groups is 1. The molecule has 0 aliphatic rings. The molecule has 0 saturated carbocycles. The number of nitrogens with one attached hydrogen (secondary N) is 1. The maximum absolute atomic E-state index is 12.5. The number of aryl methyl sites for hydroxylation is 1. The van der Waals surface area contributed by atoms with Crippen LogP contribution in [0.25, 0.3) is 22.2 Å². The molecule has 182 valence electrons. The molecule has 0 aliphatic carbocycles. The first kappa shape index (κ1) is 25.0. The molecule has 2 aromatic heterocycles. The zero-order chi connectivity index (χ0) is 25.2. The van der Waals surface area contributed by atoms with Crippen molar-refractivity contribution in [3.63, 3.8) is 0 Å². The van der Waals surface area contributed by atoms with E-state index in [9.17, 15) is 19.1 Å². The highest BCUT2D eigenvalue weighted by Crippen LogP contribution is 2.60. The fourth-order valence-electron chi connectivity index (χ4n) is 4.20. The van der Waals surface area contributed by atoms with Crippen molar-refractivity contribution in [2.75, 3.05) is 5.32 Å². The van der Waals surface area contributed by atoms with Crippen LogP contribution in [-0.4, -0.2) is 30.2 Å². The molecule has 0 spiro atoms. The van der Waals surface area contributed by atoms with Crippen molar-refractivity contribution in [2.24, 2.45) is 0 Å². The van der Waals surface area contributed by atoms with Crippen molar-refractivity contribution in [2.45, 2.75) is 38.8 Å². The molecule has 10 heteroatoms. The van der Waals surface area contributed by atoms with Gasteiger partial charge in [0, 0.05) is 11.8 Å². The van der Waals surface area contributed by atoms with Gasteiger partial charge in [0.05, 0.1) is 26.8 Å². The number of imidazole rings is 1. The molecule has 35 heavy (non-hydrogen) atoms. The fourth-order valence-corrected chi connectivity index (χ4v) is 6.46. The van der Waals surface area contributed by atoms with E-state index in [1.165, 1.54) is 17.4 Å². The highest BCUT2D eigenvalue weighted by atomic mass is 32.1. The van der Waals surface area contributed by atoms with Crippen LogP contribution in [0.2, 0.25) is 0 Å². The Bertz CT molecular complexity index is 1430. The van der Waals surface area contributed by atoms with E-state index in [4.69, 9.17) is 0 Å². The largest absolute Gasteiger partial charge is 0.335 e. The lowest BCUT2D eigenvalue weighted by Gasteiger charge is -2.33. The van der Waals surface area contributed by atoms with Crippen molar-refractivity contribution in [1.29, 1.82) is 0 Å². The molecule has 0 fully saturated rings. The quantitative estimate of drug-likeness (QED) is 0.209. The van der Waals surface area contributed by atoms with Crippen LogP contribution in [0.4, 0.5) is 5.69 Å². The third kappa shape index (κ3) is 4.86. The van der Waals surface area contributed by atoms with E-state index in [1.54, 1.807) is 50.5 Å². The Morgan fingerprint density at radius 3 is 2.49 bits per heavy atom. The van der Waals surface area contributed by atoms with Gasteiger partial charge in [-0.3, -0.25) is 13.9 Å². The van der Waals surface area contributed by atoms with E-state index in [0.717, 1.165) is 26.7 Å². The fraction of sp³-hybridized carbons (Fsp3) is 0.240. The van der Waals surface area contributed by atoms with Gasteiger partial charge in [-0.05, 0) is 55.7 Å². The van der Waals surface area contributed by atoms with Crippen LogP contribution in [0.3, 0.4) is 0 Å². The van der Waals surface area contributed by atoms with Crippen LogP contribution in [0.5, 0.6) is 0 Å². The smallest absolute Gasteiger partial charge is 0.324 e.